The molecule has 0 aliphatic rings. The summed E-state index contributed by atoms with van der Waals surface area (Å²) in [6.07, 6.45) is 1.82. The molecule has 0 fully saturated rings. The van der Waals surface area contributed by atoms with Crippen molar-refractivity contribution in [2.75, 3.05) is 7.11 Å². The first kappa shape index (κ1) is 10.1. The number of rotatable bonds is 1. The fourth-order valence-corrected chi connectivity index (χ4v) is 1.90. The lowest BCUT2D eigenvalue weighted by molar-refractivity contribution is 0.0602. The van der Waals surface area contributed by atoms with E-state index >= 15 is 0 Å². The van der Waals surface area contributed by atoms with Crippen LogP contribution in [0.3, 0.4) is 0 Å². The number of pyridine rings is 1. The minimum atomic E-state index is -0.358. The summed E-state index contributed by atoms with van der Waals surface area (Å²) >= 11 is 6.10. The fraction of sp³-hybridized carbons (Fsp3) is 0.182. The van der Waals surface area contributed by atoms with Gasteiger partial charge >= 0.3 is 5.97 Å². The zero-order valence-electron chi connectivity index (χ0n) is 8.45. The average molecular weight is 224 g/mol. The summed E-state index contributed by atoms with van der Waals surface area (Å²) in [5.41, 5.74) is 2.05. The lowest BCUT2D eigenvalue weighted by atomic mass is 10.2. The normalized spacial score (nSPS) is 10.6. The molecule has 3 nitrogen and oxygen atoms in total. The van der Waals surface area contributed by atoms with Gasteiger partial charge in [0.25, 0.3) is 0 Å². The number of hydrogen-bond acceptors (Lipinski definition) is 2. The SMILES string of the molecule is COC(=O)c1c(C)c(Cl)n2ccccc12. The number of nitrogens with zero attached hydrogens (tertiary/aromatic N) is 1. The predicted octanol–water partition coefficient (Wildman–Crippen LogP) is 2.69. The monoisotopic (exact) mass is 223 g/mol. The number of ether oxygens (including phenoxy) is 1. The van der Waals surface area contributed by atoms with Crippen molar-refractivity contribution in [2.24, 2.45) is 0 Å². The van der Waals surface area contributed by atoms with E-state index in [1.165, 1.54) is 7.11 Å². The zero-order valence-corrected chi connectivity index (χ0v) is 9.21. The first-order valence-electron chi connectivity index (χ1n) is 4.50. The van der Waals surface area contributed by atoms with Gasteiger partial charge in [-0.1, -0.05) is 17.7 Å². The van der Waals surface area contributed by atoms with Crippen LogP contribution in [-0.4, -0.2) is 17.5 Å². The topological polar surface area (TPSA) is 30.7 Å². The summed E-state index contributed by atoms with van der Waals surface area (Å²) in [4.78, 5) is 11.6. The molecular formula is C11H10ClNO2. The van der Waals surface area contributed by atoms with E-state index in [2.05, 4.69) is 0 Å². The third-order valence-corrected chi connectivity index (χ3v) is 2.87. The standard InChI is InChI=1S/C11H10ClNO2/c1-7-9(11(14)15-2)8-5-3-4-6-13(8)10(7)12/h3-6H,1-2H3. The first-order valence-corrected chi connectivity index (χ1v) is 4.88. The molecule has 78 valence electrons. The third kappa shape index (κ3) is 1.39. The number of aromatic nitrogens is 1. The predicted molar refractivity (Wildman–Crippen MR) is 58.5 cm³/mol. The Morgan fingerprint density at radius 1 is 1.47 bits per heavy atom. The summed E-state index contributed by atoms with van der Waals surface area (Å²) in [5, 5.41) is 0.547. The quantitative estimate of drug-likeness (QED) is 0.696. The van der Waals surface area contributed by atoms with Crippen LogP contribution in [0.5, 0.6) is 0 Å². The molecule has 0 atom stereocenters. The number of carbonyl (C=O) groups is 1. The molecule has 0 saturated heterocycles. The van der Waals surface area contributed by atoms with Crippen LogP contribution >= 0.6 is 11.6 Å². The van der Waals surface area contributed by atoms with Gasteiger partial charge in [0.05, 0.1) is 18.2 Å². The van der Waals surface area contributed by atoms with Gasteiger partial charge < -0.3 is 9.14 Å². The van der Waals surface area contributed by atoms with E-state index in [1.54, 1.807) is 4.40 Å². The van der Waals surface area contributed by atoms with Crippen LogP contribution in [0, 0.1) is 6.92 Å². The van der Waals surface area contributed by atoms with E-state index in [-0.39, 0.29) is 5.97 Å². The van der Waals surface area contributed by atoms with Gasteiger partial charge in [0.15, 0.2) is 0 Å². The Balaban J connectivity index is 2.83. The molecule has 4 heteroatoms. The highest BCUT2D eigenvalue weighted by Crippen LogP contribution is 2.27. The second-order valence-electron chi connectivity index (χ2n) is 3.24. The van der Waals surface area contributed by atoms with Crippen molar-refractivity contribution in [2.45, 2.75) is 6.92 Å². The van der Waals surface area contributed by atoms with Crippen molar-refractivity contribution in [3.8, 4) is 0 Å². The van der Waals surface area contributed by atoms with Gasteiger partial charge in [-0.15, -0.1) is 0 Å². The van der Waals surface area contributed by atoms with E-state index in [0.717, 1.165) is 11.1 Å². The van der Waals surface area contributed by atoms with E-state index in [0.29, 0.717) is 10.7 Å². The molecule has 2 rings (SSSR count). The minimum Gasteiger partial charge on any atom is -0.465 e. The van der Waals surface area contributed by atoms with Gasteiger partial charge in [0.1, 0.15) is 5.15 Å². The molecule has 0 spiro atoms. The maximum absolute atomic E-state index is 11.6. The molecule has 2 aromatic heterocycles. The Morgan fingerprint density at radius 3 is 2.87 bits per heavy atom. The van der Waals surface area contributed by atoms with Gasteiger partial charge in [-0.25, -0.2) is 4.79 Å². The maximum Gasteiger partial charge on any atom is 0.340 e. The highest BCUT2D eigenvalue weighted by atomic mass is 35.5. The molecule has 0 bridgehead atoms. The molecule has 0 amide bonds. The van der Waals surface area contributed by atoms with Crippen LogP contribution in [0.2, 0.25) is 5.15 Å². The molecule has 2 aromatic rings. The van der Waals surface area contributed by atoms with Crippen LogP contribution in [0.1, 0.15) is 15.9 Å². The van der Waals surface area contributed by atoms with Crippen LogP contribution < -0.4 is 0 Å². The summed E-state index contributed by atoms with van der Waals surface area (Å²) in [6, 6.07) is 5.56. The molecule has 0 aromatic carbocycles. The van der Waals surface area contributed by atoms with E-state index in [4.69, 9.17) is 16.3 Å². The summed E-state index contributed by atoms with van der Waals surface area (Å²) < 4.78 is 6.49. The van der Waals surface area contributed by atoms with E-state index < -0.39 is 0 Å². The number of fused-ring (bicyclic) bond motifs is 1. The molecule has 2 heterocycles. The van der Waals surface area contributed by atoms with Crippen LogP contribution in [0.15, 0.2) is 24.4 Å². The minimum absolute atomic E-state index is 0.358. The maximum atomic E-state index is 11.6. The molecule has 0 aliphatic heterocycles. The molecule has 0 N–H and O–H groups in total. The molecule has 0 aliphatic carbocycles. The Bertz CT molecular complexity index is 531. The number of methoxy groups -OCH3 is 1. The number of halogens is 1. The van der Waals surface area contributed by atoms with Gasteiger partial charge in [-0.2, -0.15) is 0 Å². The van der Waals surface area contributed by atoms with Crippen molar-refractivity contribution >= 4 is 23.1 Å². The number of esters is 1. The van der Waals surface area contributed by atoms with Gasteiger partial charge in [-0.3, -0.25) is 0 Å². The average Bonchev–Trinajstić information content (AvgIpc) is 2.52. The van der Waals surface area contributed by atoms with Crippen molar-refractivity contribution in [1.82, 2.24) is 4.40 Å². The Morgan fingerprint density at radius 2 is 2.20 bits per heavy atom. The lowest BCUT2D eigenvalue weighted by Crippen LogP contribution is -2.02. The van der Waals surface area contributed by atoms with Crippen LogP contribution in [-0.2, 0) is 4.74 Å². The molecule has 0 saturated carbocycles. The lowest BCUT2D eigenvalue weighted by Gasteiger charge is -1.98. The number of hydrogen-bond donors (Lipinski definition) is 0. The zero-order chi connectivity index (χ0) is 11.0. The largest absolute Gasteiger partial charge is 0.465 e. The Labute approximate surface area is 92.2 Å². The second kappa shape index (κ2) is 3.59. The molecule has 0 radical (unpaired) electrons. The smallest absolute Gasteiger partial charge is 0.340 e. The summed E-state index contributed by atoms with van der Waals surface area (Å²) in [6.45, 7) is 1.81. The van der Waals surface area contributed by atoms with E-state index in [1.807, 2.05) is 31.3 Å². The number of carbonyl (C=O) groups excluding carboxylic acids is 1. The molecule has 0 unspecified atom stereocenters. The van der Waals surface area contributed by atoms with Crippen LogP contribution in [0.4, 0.5) is 0 Å². The fourth-order valence-electron chi connectivity index (χ4n) is 1.65. The van der Waals surface area contributed by atoms with Gasteiger partial charge in [0, 0.05) is 11.8 Å². The van der Waals surface area contributed by atoms with Crippen molar-refractivity contribution in [3.63, 3.8) is 0 Å². The first-order chi connectivity index (χ1) is 7.16. The van der Waals surface area contributed by atoms with Crippen LogP contribution in [0.25, 0.3) is 5.52 Å². The summed E-state index contributed by atoms with van der Waals surface area (Å²) in [7, 11) is 1.36. The molecule has 15 heavy (non-hydrogen) atoms. The Kier molecular flexibility index (Phi) is 2.40. The van der Waals surface area contributed by atoms with Crippen molar-refractivity contribution < 1.29 is 9.53 Å². The van der Waals surface area contributed by atoms with Gasteiger partial charge in [-0.05, 0) is 19.1 Å². The second-order valence-corrected chi connectivity index (χ2v) is 3.60. The van der Waals surface area contributed by atoms with Crippen molar-refractivity contribution in [1.29, 1.82) is 0 Å². The highest BCUT2D eigenvalue weighted by Gasteiger charge is 2.19. The third-order valence-electron chi connectivity index (χ3n) is 2.40. The van der Waals surface area contributed by atoms with Gasteiger partial charge in [0.2, 0.25) is 0 Å². The molecular weight excluding hydrogens is 214 g/mol. The Hall–Kier alpha value is -1.48. The van der Waals surface area contributed by atoms with E-state index in [9.17, 15) is 4.79 Å². The summed E-state index contributed by atoms with van der Waals surface area (Å²) in [5.74, 6) is -0.358. The van der Waals surface area contributed by atoms with Crippen molar-refractivity contribution in [3.05, 3.63) is 40.7 Å². The highest BCUT2D eigenvalue weighted by molar-refractivity contribution is 6.31.